The van der Waals surface area contributed by atoms with Crippen LogP contribution in [0.4, 0.5) is 21.6 Å². The molecule has 1 atom stereocenters. The molecule has 0 bridgehead atoms. The molecule has 14 nitrogen and oxygen atoms in total. The molecule has 2 heterocycles. The summed E-state index contributed by atoms with van der Waals surface area (Å²) in [7, 11) is -4.16. The third-order valence-electron chi connectivity index (χ3n) is 7.18. The Bertz CT molecular complexity index is 2210. The summed E-state index contributed by atoms with van der Waals surface area (Å²) in [6.45, 7) is 1.75. The lowest BCUT2D eigenvalue weighted by Crippen LogP contribution is -2.18. The van der Waals surface area contributed by atoms with Crippen molar-refractivity contribution in [2.45, 2.75) is 22.3 Å². The van der Waals surface area contributed by atoms with Gasteiger partial charge < -0.3 is 25.0 Å². The molecule has 1 saturated heterocycles. The zero-order valence-electron chi connectivity index (χ0n) is 29.0. The number of likely N-dealkylation sites (N-methyl/N-ethyl adjacent to an activating group) is 1. The Morgan fingerprint density at radius 2 is 1.59 bits per heavy atom. The normalized spacial score (nSPS) is 14.2. The Balaban J connectivity index is 0.000000263. The smallest absolute Gasteiger partial charge is 0.294 e. The molecule has 54 heavy (non-hydrogen) atoms. The van der Waals surface area contributed by atoms with E-state index in [0.717, 1.165) is 6.42 Å². The first-order chi connectivity index (χ1) is 25.6. The number of hydrogen-bond donors (Lipinski definition) is 4. The van der Waals surface area contributed by atoms with Crippen molar-refractivity contribution >= 4 is 65.8 Å². The number of benzene rings is 4. The Hall–Kier alpha value is -5.01. The molecule has 1 aliphatic heterocycles. The molecule has 1 amide bonds. The number of carbonyl (C=O) groups excluding carboxylic acids is 1. The molecule has 0 spiro atoms. The number of nitrogens with one attached hydrogen (secondary N) is 2. The van der Waals surface area contributed by atoms with Crippen LogP contribution < -0.4 is 15.4 Å². The van der Waals surface area contributed by atoms with Gasteiger partial charge in [0, 0.05) is 36.2 Å². The molecular weight excluding hydrogens is 765 g/mol. The van der Waals surface area contributed by atoms with Gasteiger partial charge in [0.2, 0.25) is 5.91 Å². The molecular formula is C36H37ClFN5O9S2. The Kier molecular flexibility index (Phi) is 15.0. The van der Waals surface area contributed by atoms with Crippen LogP contribution in [0.3, 0.4) is 0 Å². The molecule has 0 radical (unpaired) electrons. The van der Waals surface area contributed by atoms with Crippen LogP contribution in [-0.2, 0) is 29.8 Å². The number of ether oxygens (including phenoxy) is 2. The fourth-order valence-electron chi connectivity index (χ4n) is 4.60. The largest absolute Gasteiger partial charge is 0.486 e. The molecule has 5 aromatic rings. The summed E-state index contributed by atoms with van der Waals surface area (Å²) >= 11 is 5.91. The predicted octanol–water partition coefficient (Wildman–Crippen LogP) is 6.26. The minimum atomic E-state index is -4.00. The van der Waals surface area contributed by atoms with Crippen LogP contribution in [0.5, 0.6) is 5.75 Å². The van der Waals surface area contributed by atoms with Gasteiger partial charge in [0.15, 0.2) is 0 Å². The Morgan fingerprint density at radius 3 is 2.11 bits per heavy atom. The lowest BCUT2D eigenvalue weighted by molar-refractivity contribution is -0.111. The van der Waals surface area contributed by atoms with Crippen LogP contribution in [0.2, 0.25) is 5.02 Å². The van der Waals surface area contributed by atoms with Gasteiger partial charge in [-0.1, -0.05) is 54.1 Å². The SMILES string of the molecule is CN(C)C/C=C/C(=O)Nc1cc2c(Nc3ccc(F)c(Cl)c3)ncnc2cc1O[C@H]1CCOC1.O=S(=O)(O)c1ccccc1.O=S(=O)(O)c1ccccc1. The quantitative estimate of drug-likeness (QED) is 0.0914. The van der Waals surface area contributed by atoms with Gasteiger partial charge in [-0.05, 0) is 62.6 Å². The van der Waals surface area contributed by atoms with E-state index in [4.69, 9.17) is 30.2 Å². The molecule has 0 unspecified atom stereocenters. The van der Waals surface area contributed by atoms with E-state index in [1.54, 1.807) is 60.7 Å². The highest BCUT2D eigenvalue weighted by atomic mass is 35.5. The summed E-state index contributed by atoms with van der Waals surface area (Å²) in [5.41, 5.74) is 1.65. The van der Waals surface area contributed by atoms with Crippen LogP contribution in [0, 0.1) is 5.82 Å². The molecule has 4 N–H and O–H groups in total. The van der Waals surface area contributed by atoms with E-state index in [9.17, 15) is 26.0 Å². The Labute approximate surface area is 317 Å². The van der Waals surface area contributed by atoms with E-state index in [0.29, 0.717) is 53.6 Å². The molecule has 1 aliphatic rings. The van der Waals surface area contributed by atoms with E-state index in [1.165, 1.54) is 48.8 Å². The highest BCUT2D eigenvalue weighted by Gasteiger charge is 2.21. The van der Waals surface area contributed by atoms with E-state index in [2.05, 4.69) is 20.6 Å². The van der Waals surface area contributed by atoms with Crippen molar-refractivity contribution < 1.29 is 44.6 Å². The predicted molar refractivity (Wildman–Crippen MR) is 203 cm³/mol. The van der Waals surface area contributed by atoms with Crippen molar-refractivity contribution in [3.63, 3.8) is 0 Å². The first-order valence-electron chi connectivity index (χ1n) is 16.0. The number of fused-ring (bicyclic) bond motifs is 1. The highest BCUT2D eigenvalue weighted by Crippen LogP contribution is 2.35. The summed E-state index contributed by atoms with van der Waals surface area (Å²) in [5.74, 6) is 0.170. The molecule has 4 aromatic carbocycles. The van der Waals surface area contributed by atoms with Crippen molar-refractivity contribution in [1.82, 2.24) is 14.9 Å². The maximum absolute atomic E-state index is 13.6. The second kappa shape index (κ2) is 19.4. The second-order valence-electron chi connectivity index (χ2n) is 11.7. The average Bonchev–Trinajstić information content (AvgIpc) is 3.64. The molecule has 286 valence electrons. The first kappa shape index (κ1) is 41.7. The van der Waals surface area contributed by atoms with E-state index in [1.807, 2.05) is 19.0 Å². The molecule has 1 fully saturated rings. The third kappa shape index (κ3) is 13.1. The lowest BCUT2D eigenvalue weighted by atomic mass is 10.1. The monoisotopic (exact) mass is 801 g/mol. The van der Waals surface area contributed by atoms with Crippen LogP contribution in [-0.4, -0.2) is 86.7 Å². The van der Waals surface area contributed by atoms with Crippen molar-refractivity contribution in [1.29, 1.82) is 0 Å². The second-order valence-corrected chi connectivity index (χ2v) is 14.9. The minimum Gasteiger partial charge on any atom is -0.486 e. The lowest BCUT2D eigenvalue weighted by Gasteiger charge is -2.17. The van der Waals surface area contributed by atoms with Crippen molar-refractivity contribution in [2.75, 3.05) is 44.5 Å². The standard InChI is InChI=1S/C24H25ClFN5O3.2C6H6O3S/c1-31(2)8-3-4-23(32)30-21-11-17-20(12-22(21)34-16-7-9-33-13-16)27-14-28-24(17)29-15-5-6-19(26)18(25)10-15;2*7-10(8,9)6-4-2-1-3-5-6/h3-6,10-12,14,16H,7-9,13H2,1-2H3,(H,30,32)(H,27,28,29);2*1-5H,(H,7,8,9)/b4-3+;;/t16-;;/m0../s1. The fraction of sp³-hybridized carbons (Fsp3) is 0.194. The van der Waals surface area contributed by atoms with Crippen LogP contribution in [0.1, 0.15) is 6.42 Å². The topological polar surface area (TPSA) is 197 Å². The number of nitrogens with zero attached hydrogens (tertiary/aromatic N) is 3. The van der Waals surface area contributed by atoms with Gasteiger partial charge in [-0.3, -0.25) is 13.9 Å². The summed E-state index contributed by atoms with van der Waals surface area (Å²) in [6, 6.07) is 22.7. The minimum absolute atomic E-state index is 0.00436. The number of halogens is 2. The molecule has 6 rings (SSSR count). The number of hydrogen-bond acceptors (Lipinski definition) is 11. The first-order valence-corrected chi connectivity index (χ1v) is 19.3. The molecule has 1 aromatic heterocycles. The van der Waals surface area contributed by atoms with Gasteiger partial charge in [-0.25, -0.2) is 14.4 Å². The Morgan fingerprint density at radius 1 is 0.963 bits per heavy atom. The zero-order chi connectivity index (χ0) is 39.3. The maximum atomic E-state index is 13.6. The third-order valence-corrected chi connectivity index (χ3v) is 9.21. The van der Waals surface area contributed by atoms with Crippen molar-refractivity contribution in [2.24, 2.45) is 0 Å². The van der Waals surface area contributed by atoms with Gasteiger partial charge in [-0.2, -0.15) is 16.8 Å². The van der Waals surface area contributed by atoms with Gasteiger partial charge in [0.05, 0.1) is 39.2 Å². The molecule has 0 saturated carbocycles. The van der Waals surface area contributed by atoms with Gasteiger partial charge in [0.25, 0.3) is 20.2 Å². The number of amides is 1. The number of rotatable bonds is 10. The summed E-state index contributed by atoms with van der Waals surface area (Å²) in [6.07, 6.45) is 5.32. The molecule has 0 aliphatic carbocycles. The van der Waals surface area contributed by atoms with Crippen molar-refractivity contribution in [3.05, 3.63) is 120 Å². The van der Waals surface area contributed by atoms with E-state index < -0.39 is 26.1 Å². The summed E-state index contributed by atoms with van der Waals surface area (Å²) < 4.78 is 83.6. The van der Waals surface area contributed by atoms with Gasteiger partial charge in [0.1, 0.15) is 29.8 Å². The van der Waals surface area contributed by atoms with Crippen LogP contribution >= 0.6 is 11.6 Å². The number of carbonyl (C=O) groups is 1. The zero-order valence-corrected chi connectivity index (χ0v) is 31.4. The number of anilines is 3. The number of aromatic nitrogens is 2. The average molecular weight is 802 g/mol. The van der Waals surface area contributed by atoms with E-state index in [-0.39, 0.29) is 26.8 Å². The summed E-state index contributed by atoms with van der Waals surface area (Å²) in [5, 5.41) is 6.67. The van der Waals surface area contributed by atoms with Crippen LogP contribution in [0.25, 0.3) is 10.9 Å². The molecule has 18 heteroatoms. The van der Waals surface area contributed by atoms with E-state index >= 15 is 0 Å². The van der Waals surface area contributed by atoms with Crippen molar-refractivity contribution in [3.8, 4) is 5.75 Å². The van der Waals surface area contributed by atoms with Gasteiger partial charge >= 0.3 is 0 Å². The fourth-order valence-corrected chi connectivity index (χ4v) is 5.79. The van der Waals surface area contributed by atoms with Crippen LogP contribution in [0.15, 0.2) is 119 Å². The maximum Gasteiger partial charge on any atom is 0.294 e. The summed E-state index contributed by atoms with van der Waals surface area (Å²) in [4.78, 5) is 23.1. The highest BCUT2D eigenvalue weighted by molar-refractivity contribution is 7.86. The van der Waals surface area contributed by atoms with Gasteiger partial charge in [-0.15, -0.1) is 0 Å².